The van der Waals surface area contributed by atoms with Crippen molar-refractivity contribution in [2.45, 2.75) is 32.2 Å². The molecule has 5 nitrogen and oxygen atoms in total. The molecular weight excluding hydrogens is 206 g/mol. The molecule has 1 aromatic heterocycles. The molecule has 0 aromatic carbocycles. The molecule has 0 aliphatic heterocycles. The first kappa shape index (κ1) is 10.9. The second-order valence-corrected chi connectivity index (χ2v) is 4.40. The van der Waals surface area contributed by atoms with E-state index in [-0.39, 0.29) is 11.4 Å². The number of aryl methyl sites for hydroxylation is 1. The molecule has 1 N–H and O–H groups in total. The van der Waals surface area contributed by atoms with Crippen LogP contribution in [0, 0.1) is 6.92 Å². The third-order valence-corrected chi connectivity index (χ3v) is 2.65. The lowest BCUT2D eigenvalue weighted by molar-refractivity contribution is 0.0586. The third-order valence-electron chi connectivity index (χ3n) is 2.65. The first-order valence-electron chi connectivity index (χ1n) is 5.25. The molecule has 16 heavy (non-hydrogen) atoms. The average Bonchev–Trinajstić information content (AvgIpc) is 2.93. The van der Waals surface area contributed by atoms with Crippen LogP contribution in [0.15, 0.2) is 6.07 Å². The number of anilines is 1. The maximum atomic E-state index is 11.3. The van der Waals surface area contributed by atoms with E-state index in [1.807, 2.05) is 13.0 Å². The van der Waals surface area contributed by atoms with E-state index in [0.29, 0.717) is 5.82 Å². The fourth-order valence-corrected chi connectivity index (χ4v) is 1.44. The Morgan fingerprint density at radius 3 is 2.75 bits per heavy atom. The van der Waals surface area contributed by atoms with Gasteiger partial charge in [-0.1, -0.05) is 0 Å². The topological polar surface area (TPSA) is 64.1 Å². The van der Waals surface area contributed by atoms with Crippen LogP contribution in [0.5, 0.6) is 0 Å². The Morgan fingerprint density at radius 1 is 1.50 bits per heavy atom. The Labute approximate surface area is 94.2 Å². The molecule has 0 atom stereocenters. The maximum absolute atomic E-state index is 11.3. The highest BCUT2D eigenvalue weighted by Gasteiger charge is 2.37. The molecule has 1 aliphatic carbocycles. The van der Waals surface area contributed by atoms with E-state index in [2.05, 4.69) is 26.9 Å². The number of carbonyl (C=O) groups excluding carboxylic acids is 1. The van der Waals surface area contributed by atoms with Gasteiger partial charge < -0.3 is 10.1 Å². The molecule has 5 heteroatoms. The van der Waals surface area contributed by atoms with Crippen molar-refractivity contribution in [3.63, 3.8) is 0 Å². The number of esters is 1. The van der Waals surface area contributed by atoms with Gasteiger partial charge in [-0.3, -0.25) is 0 Å². The van der Waals surface area contributed by atoms with Gasteiger partial charge in [0.25, 0.3) is 0 Å². The highest BCUT2D eigenvalue weighted by Crippen LogP contribution is 2.37. The summed E-state index contributed by atoms with van der Waals surface area (Å²) in [5.41, 5.74) is 0.885. The van der Waals surface area contributed by atoms with Crippen LogP contribution in [0.25, 0.3) is 0 Å². The van der Waals surface area contributed by atoms with Gasteiger partial charge >= 0.3 is 5.97 Å². The van der Waals surface area contributed by atoms with Crippen LogP contribution in [0.1, 0.15) is 36.1 Å². The van der Waals surface area contributed by atoms with Crippen LogP contribution >= 0.6 is 0 Å². The fourth-order valence-electron chi connectivity index (χ4n) is 1.44. The van der Waals surface area contributed by atoms with Crippen molar-refractivity contribution in [1.29, 1.82) is 0 Å². The summed E-state index contributed by atoms with van der Waals surface area (Å²) in [6.07, 6.45) is 2.26. The molecule has 2 rings (SSSR count). The average molecular weight is 221 g/mol. The van der Waals surface area contributed by atoms with Gasteiger partial charge in [-0.2, -0.15) is 0 Å². The second kappa shape index (κ2) is 3.73. The van der Waals surface area contributed by atoms with Gasteiger partial charge in [0.2, 0.25) is 5.82 Å². The zero-order chi connectivity index (χ0) is 11.8. The lowest BCUT2D eigenvalue weighted by Gasteiger charge is -2.12. The van der Waals surface area contributed by atoms with Crippen LogP contribution in [0.2, 0.25) is 0 Å². The summed E-state index contributed by atoms with van der Waals surface area (Å²) in [5, 5.41) is 3.29. The van der Waals surface area contributed by atoms with Gasteiger partial charge in [-0.05, 0) is 26.7 Å². The smallest absolute Gasteiger partial charge is 0.376 e. The Kier molecular flexibility index (Phi) is 2.53. The quantitative estimate of drug-likeness (QED) is 0.784. The van der Waals surface area contributed by atoms with Crippen molar-refractivity contribution in [3.05, 3.63) is 17.6 Å². The number of ether oxygens (including phenoxy) is 1. The second-order valence-electron chi connectivity index (χ2n) is 4.40. The molecule has 86 valence electrons. The molecule has 1 fully saturated rings. The fraction of sp³-hybridized carbons (Fsp3) is 0.545. The number of nitrogens with zero attached hydrogens (tertiary/aromatic N) is 2. The number of hydrogen-bond donors (Lipinski definition) is 1. The third kappa shape index (κ3) is 2.29. The molecule has 1 aliphatic rings. The van der Waals surface area contributed by atoms with Crippen LogP contribution < -0.4 is 5.32 Å². The van der Waals surface area contributed by atoms with Crippen molar-refractivity contribution in [3.8, 4) is 0 Å². The molecule has 1 saturated carbocycles. The number of methoxy groups -OCH3 is 1. The summed E-state index contributed by atoms with van der Waals surface area (Å²) in [5.74, 6) is 0.287. The molecule has 0 bridgehead atoms. The number of aromatic nitrogens is 2. The van der Waals surface area contributed by atoms with E-state index in [1.165, 1.54) is 7.11 Å². The molecule has 1 heterocycles. The molecule has 0 unspecified atom stereocenters. The summed E-state index contributed by atoms with van der Waals surface area (Å²) in [7, 11) is 1.32. The van der Waals surface area contributed by atoms with E-state index in [9.17, 15) is 4.79 Å². The van der Waals surface area contributed by atoms with Crippen molar-refractivity contribution in [2.75, 3.05) is 12.4 Å². The van der Waals surface area contributed by atoms with Crippen LogP contribution in [-0.4, -0.2) is 28.6 Å². The predicted octanol–water partition coefficient (Wildman–Crippen LogP) is 1.54. The van der Waals surface area contributed by atoms with Gasteiger partial charge in [0, 0.05) is 17.3 Å². The number of rotatable bonds is 3. The Balaban J connectivity index is 2.24. The standard InChI is InChI=1S/C11H15N3O2/c1-7-6-8(14-11(2)4-5-11)13-9(12-7)10(15)16-3/h6H,4-5H2,1-3H3,(H,12,13,14). The van der Waals surface area contributed by atoms with Gasteiger partial charge in [-0.25, -0.2) is 14.8 Å². The summed E-state index contributed by atoms with van der Waals surface area (Å²) in [6.45, 7) is 3.96. The van der Waals surface area contributed by atoms with Crippen LogP contribution in [0.4, 0.5) is 5.82 Å². The summed E-state index contributed by atoms with van der Waals surface area (Å²) >= 11 is 0. The molecule has 1 aromatic rings. The Bertz CT molecular complexity index is 427. The molecule has 0 amide bonds. The maximum Gasteiger partial charge on any atom is 0.376 e. The van der Waals surface area contributed by atoms with E-state index in [1.54, 1.807) is 0 Å². The predicted molar refractivity (Wildman–Crippen MR) is 59.4 cm³/mol. The van der Waals surface area contributed by atoms with Gasteiger partial charge in [0.15, 0.2) is 0 Å². The first-order valence-corrected chi connectivity index (χ1v) is 5.25. The highest BCUT2D eigenvalue weighted by molar-refractivity contribution is 5.85. The normalized spacial score (nSPS) is 16.7. The van der Waals surface area contributed by atoms with Crippen LogP contribution in [-0.2, 0) is 4.74 Å². The minimum Gasteiger partial charge on any atom is -0.463 e. The van der Waals surface area contributed by atoms with E-state index >= 15 is 0 Å². The largest absolute Gasteiger partial charge is 0.463 e. The van der Waals surface area contributed by atoms with Gasteiger partial charge in [0.05, 0.1) is 7.11 Å². The lowest BCUT2D eigenvalue weighted by Crippen LogP contribution is -2.19. The summed E-state index contributed by atoms with van der Waals surface area (Å²) in [6, 6.07) is 1.83. The van der Waals surface area contributed by atoms with E-state index < -0.39 is 5.97 Å². The zero-order valence-corrected chi connectivity index (χ0v) is 9.70. The number of hydrogen-bond acceptors (Lipinski definition) is 5. The van der Waals surface area contributed by atoms with E-state index in [0.717, 1.165) is 18.5 Å². The monoisotopic (exact) mass is 221 g/mol. The molecule has 0 radical (unpaired) electrons. The Morgan fingerprint density at radius 2 is 2.19 bits per heavy atom. The van der Waals surface area contributed by atoms with Gasteiger partial charge in [-0.15, -0.1) is 0 Å². The van der Waals surface area contributed by atoms with Gasteiger partial charge in [0.1, 0.15) is 5.82 Å². The van der Waals surface area contributed by atoms with Crippen molar-refractivity contribution < 1.29 is 9.53 Å². The minimum absolute atomic E-state index is 0.106. The van der Waals surface area contributed by atoms with Crippen molar-refractivity contribution in [2.24, 2.45) is 0 Å². The van der Waals surface area contributed by atoms with E-state index in [4.69, 9.17) is 0 Å². The zero-order valence-electron chi connectivity index (χ0n) is 9.70. The first-order chi connectivity index (χ1) is 7.52. The lowest BCUT2D eigenvalue weighted by atomic mass is 10.3. The van der Waals surface area contributed by atoms with Crippen molar-refractivity contribution in [1.82, 2.24) is 9.97 Å². The summed E-state index contributed by atoms with van der Waals surface area (Å²) < 4.78 is 4.60. The molecule has 0 saturated heterocycles. The number of nitrogens with one attached hydrogen (secondary N) is 1. The van der Waals surface area contributed by atoms with Crippen LogP contribution in [0.3, 0.4) is 0 Å². The molecular formula is C11H15N3O2. The molecule has 0 spiro atoms. The van der Waals surface area contributed by atoms with Crippen molar-refractivity contribution >= 4 is 11.8 Å². The minimum atomic E-state index is -0.507. The number of carbonyl (C=O) groups is 1. The highest BCUT2D eigenvalue weighted by atomic mass is 16.5. The Hall–Kier alpha value is -1.65. The SMILES string of the molecule is COC(=O)c1nc(C)cc(NC2(C)CC2)n1. The summed E-state index contributed by atoms with van der Waals surface area (Å²) in [4.78, 5) is 19.5.